The van der Waals surface area contributed by atoms with Crippen molar-refractivity contribution in [3.05, 3.63) is 47.0 Å². The zero-order valence-corrected chi connectivity index (χ0v) is 14.1. The van der Waals surface area contributed by atoms with E-state index in [1.54, 1.807) is 16.8 Å². The van der Waals surface area contributed by atoms with Gasteiger partial charge >= 0.3 is 0 Å². The first-order valence-corrected chi connectivity index (χ1v) is 8.37. The fraction of sp³-hybridized carbons (Fsp3) is 0.444. The van der Waals surface area contributed by atoms with E-state index in [-0.39, 0.29) is 11.7 Å². The molecule has 1 atom stereocenters. The molecule has 2 N–H and O–H groups in total. The summed E-state index contributed by atoms with van der Waals surface area (Å²) in [6.45, 7) is 6.46. The normalized spacial score (nSPS) is 17.2. The summed E-state index contributed by atoms with van der Waals surface area (Å²) >= 11 is 0. The second-order valence-electron chi connectivity index (χ2n) is 6.34. The average Bonchev–Trinajstić information content (AvgIpc) is 3.16. The van der Waals surface area contributed by atoms with E-state index in [1.807, 2.05) is 13.8 Å². The van der Waals surface area contributed by atoms with Crippen molar-refractivity contribution in [1.82, 2.24) is 20.4 Å². The zero-order valence-electron chi connectivity index (χ0n) is 14.1. The molecule has 2 aromatic rings. The minimum atomic E-state index is -0.292. The van der Waals surface area contributed by atoms with Crippen LogP contribution in [-0.4, -0.2) is 35.3 Å². The van der Waals surface area contributed by atoms with Gasteiger partial charge in [0.05, 0.1) is 22.6 Å². The van der Waals surface area contributed by atoms with Gasteiger partial charge in [0, 0.05) is 6.54 Å². The van der Waals surface area contributed by atoms with E-state index in [1.165, 1.54) is 18.6 Å². The van der Waals surface area contributed by atoms with Gasteiger partial charge in [-0.2, -0.15) is 5.10 Å². The van der Waals surface area contributed by atoms with Gasteiger partial charge in [-0.1, -0.05) is 0 Å². The van der Waals surface area contributed by atoms with Crippen molar-refractivity contribution in [2.24, 2.45) is 5.92 Å². The molecule has 0 spiro atoms. The van der Waals surface area contributed by atoms with E-state index in [4.69, 9.17) is 0 Å². The van der Waals surface area contributed by atoms with Crippen molar-refractivity contribution in [2.45, 2.75) is 26.7 Å². The fourth-order valence-corrected chi connectivity index (χ4v) is 3.24. The molecule has 1 aromatic heterocycles. The SMILES string of the molecule is Cc1nn(-c2ccc(F)cc2)c(C)c1C(=O)NCCC1CCNC1. The Morgan fingerprint density at radius 3 is 2.79 bits per heavy atom. The lowest BCUT2D eigenvalue weighted by atomic mass is 10.1. The number of nitrogens with one attached hydrogen (secondary N) is 2. The number of amides is 1. The number of carbonyl (C=O) groups excluding carboxylic acids is 1. The Balaban J connectivity index is 1.70. The smallest absolute Gasteiger partial charge is 0.255 e. The third-order valence-electron chi connectivity index (χ3n) is 4.59. The largest absolute Gasteiger partial charge is 0.352 e. The lowest BCUT2D eigenvalue weighted by Crippen LogP contribution is -2.27. The summed E-state index contributed by atoms with van der Waals surface area (Å²) in [6.07, 6.45) is 2.17. The van der Waals surface area contributed by atoms with Crippen molar-refractivity contribution < 1.29 is 9.18 Å². The topological polar surface area (TPSA) is 59.0 Å². The summed E-state index contributed by atoms with van der Waals surface area (Å²) in [6, 6.07) is 6.09. The van der Waals surface area contributed by atoms with Crippen LogP contribution in [0, 0.1) is 25.6 Å². The van der Waals surface area contributed by atoms with Crippen molar-refractivity contribution in [2.75, 3.05) is 19.6 Å². The number of benzene rings is 1. The molecule has 24 heavy (non-hydrogen) atoms. The predicted molar refractivity (Wildman–Crippen MR) is 90.9 cm³/mol. The summed E-state index contributed by atoms with van der Waals surface area (Å²) in [5.74, 6) is 0.262. The summed E-state index contributed by atoms with van der Waals surface area (Å²) in [5.41, 5.74) is 2.79. The molecule has 5 nitrogen and oxygen atoms in total. The Kier molecular flexibility index (Phi) is 4.94. The van der Waals surface area contributed by atoms with Gasteiger partial charge < -0.3 is 10.6 Å². The highest BCUT2D eigenvalue weighted by molar-refractivity contribution is 5.96. The summed E-state index contributed by atoms with van der Waals surface area (Å²) in [7, 11) is 0. The lowest BCUT2D eigenvalue weighted by molar-refractivity contribution is 0.0950. The molecule has 1 amide bonds. The number of aryl methyl sites for hydroxylation is 1. The second kappa shape index (κ2) is 7.13. The van der Waals surface area contributed by atoms with Crippen LogP contribution in [-0.2, 0) is 0 Å². The predicted octanol–water partition coefficient (Wildman–Crippen LogP) is 2.36. The van der Waals surface area contributed by atoms with E-state index in [0.29, 0.717) is 23.7 Å². The van der Waals surface area contributed by atoms with Crippen LogP contribution in [0.5, 0.6) is 0 Å². The maximum Gasteiger partial charge on any atom is 0.255 e. The first-order valence-electron chi connectivity index (χ1n) is 8.37. The Labute approximate surface area is 141 Å². The minimum absolute atomic E-state index is 0.0932. The quantitative estimate of drug-likeness (QED) is 0.885. The number of hydrogen-bond donors (Lipinski definition) is 2. The molecule has 1 aliphatic heterocycles. The molecule has 1 unspecified atom stereocenters. The molecule has 1 aliphatic rings. The molecule has 0 aliphatic carbocycles. The van der Waals surface area contributed by atoms with Crippen LogP contribution < -0.4 is 10.6 Å². The molecular weight excluding hydrogens is 307 g/mol. The maximum absolute atomic E-state index is 13.1. The Morgan fingerprint density at radius 1 is 1.38 bits per heavy atom. The van der Waals surface area contributed by atoms with Gasteiger partial charge in [-0.25, -0.2) is 9.07 Å². The minimum Gasteiger partial charge on any atom is -0.352 e. The number of hydrogen-bond acceptors (Lipinski definition) is 3. The molecule has 2 heterocycles. The number of aromatic nitrogens is 2. The number of carbonyl (C=O) groups is 1. The first kappa shape index (κ1) is 16.6. The van der Waals surface area contributed by atoms with Crippen LogP contribution in [0.1, 0.15) is 34.6 Å². The van der Waals surface area contributed by atoms with Gasteiger partial charge in [0.15, 0.2) is 0 Å². The van der Waals surface area contributed by atoms with Crippen LogP contribution in [0.4, 0.5) is 4.39 Å². The van der Waals surface area contributed by atoms with Crippen LogP contribution >= 0.6 is 0 Å². The molecule has 1 saturated heterocycles. The lowest BCUT2D eigenvalue weighted by Gasteiger charge is -2.10. The van der Waals surface area contributed by atoms with Crippen LogP contribution in [0.25, 0.3) is 5.69 Å². The standard InChI is InChI=1S/C18H23FN4O/c1-12-17(18(24)21-10-8-14-7-9-20-11-14)13(2)23(22-12)16-5-3-15(19)4-6-16/h3-6,14,20H,7-11H2,1-2H3,(H,21,24). The summed E-state index contributed by atoms with van der Waals surface area (Å²) < 4.78 is 14.8. The van der Waals surface area contributed by atoms with Crippen LogP contribution in [0.3, 0.4) is 0 Å². The van der Waals surface area contributed by atoms with E-state index in [0.717, 1.165) is 30.9 Å². The van der Waals surface area contributed by atoms with Gasteiger partial charge in [-0.3, -0.25) is 4.79 Å². The average molecular weight is 330 g/mol. The molecule has 0 saturated carbocycles. The molecule has 6 heteroatoms. The van der Waals surface area contributed by atoms with Crippen LogP contribution in [0.2, 0.25) is 0 Å². The monoisotopic (exact) mass is 330 g/mol. The van der Waals surface area contributed by atoms with Gasteiger partial charge in [-0.15, -0.1) is 0 Å². The Morgan fingerprint density at radius 2 is 2.12 bits per heavy atom. The molecule has 1 fully saturated rings. The highest BCUT2D eigenvalue weighted by Gasteiger charge is 2.20. The van der Waals surface area contributed by atoms with Crippen molar-refractivity contribution in [3.63, 3.8) is 0 Å². The summed E-state index contributed by atoms with van der Waals surface area (Å²) in [4.78, 5) is 12.5. The second-order valence-corrected chi connectivity index (χ2v) is 6.34. The van der Waals surface area contributed by atoms with Gasteiger partial charge in [0.25, 0.3) is 5.91 Å². The molecule has 3 rings (SSSR count). The van der Waals surface area contributed by atoms with E-state index in [2.05, 4.69) is 15.7 Å². The molecule has 1 aromatic carbocycles. The molecule has 0 radical (unpaired) electrons. The van der Waals surface area contributed by atoms with Crippen molar-refractivity contribution in [1.29, 1.82) is 0 Å². The van der Waals surface area contributed by atoms with Crippen molar-refractivity contribution >= 4 is 5.91 Å². The number of nitrogens with zero attached hydrogens (tertiary/aromatic N) is 2. The van der Waals surface area contributed by atoms with Gasteiger partial charge in [-0.05, 0) is 70.0 Å². The highest BCUT2D eigenvalue weighted by atomic mass is 19.1. The number of rotatable bonds is 5. The molecular formula is C18H23FN4O. The summed E-state index contributed by atoms with van der Waals surface area (Å²) in [5, 5.41) is 10.8. The van der Waals surface area contributed by atoms with Gasteiger partial charge in [0.2, 0.25) is 0 Å². The van der Waals surface area contributed by atoms with Gasteiger partial charge in [0.1, 0.15) is 5.82 Å². The van der Waals surface area contributed by atoms with Crippen LogP contribution in [0.15, 0.2) is 24.3 Å². The highest BCUT2D eigenvalue weighted by Crippen LogP contribution is 2.18. The third kappa shape index (κ3) is 3.48. The fourth-order valence-electron chi connectivity index (χ4n) is 3.24. The van der Waals surface area contributed by atoms with Crippen molar-refractivity contribution in [3.8, 4) is 5.69 Å². The van der Waals surface area contributed by atoms with E-state index >= 15 is 0 Å². The maximum atomic E-state index is 13.1. The molecule has 0 bridgehead atoms. The zero-order chi connectivity index (χ0) is 17.1. The number of halogens is 1. The Bertz CT molecular complexity index is 717. The Hall–Kier alpha value is -2.21. The molecule has 128 valence electrons. The first-order chi connectivity index (χ1) is 11.6. The third-order valence-corrected chi connectivity index (χ3v) is 4.59. The van der Waals surface area contributed by atoms with E-state index in [9.17, 15) is 9.18 Å². The van der Waals surface area contributed by atoms with E-state index < -0.39 is 0 Å².